The molecule has 0 aliphatic rings. The standard InChI is InChI=1S/C14H16N2O4S2/c1-10(13-4-3-7-21-13)9-15-12-6-5-11(16(17)18)8-14(12)22(2,19)20/h3-8,10,15H,9H2,1-2H3. The van der Waals surface area contributed by atoms with Crippen molar-refractivity contribution >= 4 is 32.5 Å². The van der Waals surface area contributed by atoms with Gasteiger partial charge in [0.2, 0.25) is 0 Å². The molecule has 1 heterocycles. The van der Waals surface area contributed by atoms with Gasteiger partial charge in [0.25, 0.3) is 5.69 Å². The monoisotopic (exact) mass is 340 g/mol. The highest BCUT2D eigenvalue weighted by molar-refractivity contribution is 7.90. The van der Waals surface area contributed by atoms with Gasteiger partial charge in [-0.15, -0.1) is 11.3 Å². The molecule has 1 N–H and O–H groups in total. The van der Waals surface area contributed by atoms with Crippen LogP contribution < -0.4 is 5.32 Å². The molecule has 0 aliphatic carbocycles. The minimum atomic E-state index is -3.56. The molecule has 8 heteroatoms. The van der Waals surface area contributed by atoms with E-state index >= 15 is 0 Å². The van der Waals surface area contributed by atoms with E-state index in [4.69, 9.17) is 0 Å². The lowest BCUT2D eigenvalue weighted by atomic mass is 10.1. The lowest BCUT2D eigenvalue weighted by Gasteiger charge is -2.14. The van der Waals surface area contributed by atoms with Crippen molar-refractivity contribution in [2.24, 2.45) is 0 Å². The third-order valence-corrected chi connectivity index (χ3v) is 5.44. The van der Waals surface area contributed by atoms with E-state index in [0.717, 1.165) is 12.3 Å². The molecule has 0 amide bonds. The van der Waals surface area contributed by atoms with Crippen LogP contribution in [0.5, 0.6) is 0 Å². The molecule has 22 heavy (non-hydrogen) atoms. The summed E-state index contributed by atoms with van der Waals surface area (Å²) >= 11 is 1.63. The van der Waals surface area contributed by atoms with Crippen LogP contribution in [0.1, 0.15) is 17.7 Å². The Labute approximate surface area is 132 Å². The predicted octanol–water partition coefficient (Wildman–Crippen LogP) is 3.28. The van der Waals surface area contributed by atoms with Gasteiger partial charge in [0, 0.05) is 35.7 Å². The normalized spacial score (nSPS) is 12.8. The fourth-order valence-corrected chi connectivity index (χ4v) is 3.67. The van der Waals surface area contributed by atoms with Crippen molar-refractivity contribution in [3.05, 3.63) is 50.7 Å². The Bertz CT molecular complexity index is 770. The van der Waals surface area contributed by atoms with Crippen molar-refractivity contribution < 1.29 is 13.3 Å². The van der Waals surface area contributed by atoms with Crippen molar-refractivity contribution in [2.75, 3.05) is 18.1 Å². The van der Waals surface area contributed by atoms with Crippen LogP contribution in [0.3, 0.4) is 0 Å². The predicted molar refractivity (Wildman–Crippen MR) is 87.4 cm³/mol. The average molecular weight is 340 g/mol. The second-order valence-corrected chi connectivity index (χ2v) is 7.97. The molecule has 2 rings (SSSR count). The summed E-state index contributed by atoms with van der Waals surface area (Å²) in [5, 5.41) is 15.9. The van der Waals surface area contributed by atoms with E-state index in [1.165, 1.54) is 17.0 Å². The first-order valence-electron chi connectivity index (χ1n) is 6.55. The van der Waals surface area contributed by atoms with Crippen LogP contribution in [0.25, 0.3) is 0 Å². The number of sulfone groups is 1. The van der Waals surface area contributed by atoms with Crippen molar-refractivity contribution in [2.45, 2.75) is 17.7 Å². The van der Waals surface area contributed by atoms with E-state index in [0.29, 0.717) is 12.2 Å². The number of hydrogen-bond acceptors (Lipinski definition) is 6. The Hall–Kier alpha value is -1.93. The first-order chi connectivity index (χ1) is 10.3. The van der Waals surface area contributed by atoms with E-state index in [2.05, 4.69) is 5.32 Å². The molecular formula is C14H16N2O4S2. The number of anilines is 1. The molecule has 0 aliphatic heterocycles. The molecular weight excluding hydrogens is 324 g/mol. The number of nitro groups is 1. The summed E-state index contributed by atoms with van der Waals surface area (Å²) in [4.78, 5) is 11.3. The van der Waals surface area contributed by atoms with Crippen molar-refractivity contribution in [3.63, 3.8) is 0 Å². The Kier molecular flexibility index (Phi) is 4.82. The van der Waals surface area contributed by atoms with Gasteiger partial charge in [0.15, 0.2) is 9.84 Å². The highest BCUT2D eigenvalue weighted by Crippen LogP contribution is 2.28. The van der Waals surface area contributed by atoms with Gasteiger partial charge in [-0.2, -0.15) is 0 Å². The summed E-state index contributed by atoms with van der Waals surface area (Å²) in [6, 6.07) is 7.81. The molecule has 0 saturated carbocycles. The zero-order chi connectivity index (χ0) is 16.3. The van der Waals surface area contributed by atoms with Gasteiger partial charge in [0.05, 0.1) is 15.5 Å². The number of thiophene rings is 1. The molecule has 6 nitrogen and oxygen atoms in total. The number of nitrogens with zero attached hydrogens (tertiary/aromatic N) is 1. The zero-order valence-electron chi connectivity index (χ0n) is 12.1. The fraction of sp³-hybridized carbons (Fsp3) is 0.286. The first-order valence-corrected chi connectivity index (χ1v) is 9.32. The first kappa shape index (κ1) is 16.4. The summed E-state index contributed by atoms with van der Waals surface area (Å²) in [5.41, 5.74) is 0.147. The van der Waals surface area contributed by atoms with Crippen LogP contribution in [0, 0.1) is 10.1 Å². The van der Waals surface area contributed by atoms with Crippen molar-refractivity contribution in [1.29, 1.82) is 0 Å². The maximum absolute atomic E-state index is 11.8. The van der Waals surface area contributed by atoms with Gasteiger partial charge in [-0.1, -0.05) is 13.0 Å². The molecule has 1 atom stereocenters. The molecule has 0 radical (unpaired) electrons. The van der Waals surface area contributed by atoms with Crippen LogP contribution >= 0.6 is 11.3 Å². The van der Waals surface area contributed by atoms with Crippen molar-refractivity contribution in [3.8, 4) is 0 Å². The Morgan fingerprint density at radius 3 is 2.64 bits per heavy atom. The molecule has 0 saturated heterocycles. The van der Waals surface area contributed by atoms with Gasteiger partial charge < -0.3 is 5.32 Å². The third kappa shape index (κ3) is 3.83. The highest BCUT2D eigenvalue weighted by Gasteiger charge is 2.19. The van der Waals surface area contributed by atoms with Crippen molar-refractivity contribution in [1.82, 2.24) is 0 Å². The number of hydrogen-bond donors (Lipinski definition) is 1. The van der Waals surface area contributed by atoms with Crippen LogP contribution in [-0.4, -0.2) is 26.1 Å². The number of nitrogens with one attached hydrogen (secondary N) is 1. The molecule has 118 valence electrons. The quantitative estimate of drug-likeness (QED) is 0.644. The molecule has 0 bridgehead atoms. The third-order valence-electron chi connectivity index (χ3n) is 3.20. The largest absolute Gasteiger partial charge is 0.383 e. The van der Waals surface area contributed by atoms with Crippen LogP contribution in [0.2, 0.25) is 0 Å². The second-order valence-electron chi connectivity index (χ2n) is 5.01. The second kappa shape index (κ2) is 6.45. The molecule has 0 spiro atoms. The van der Waals surface area contributed by atoms with Gasteiger partial charge in [-0.25, -0.2) is 8.42 Å². The minimum absolute atomic E-state index is 0.0555. The van der Waals surface area contributed by atoms with Crippen LogP contribution in [0.4, 0.5) is 11.4 Å². The maximum atomic E-state index is 11.8. The summed E-state index contributed by atoms with van der Waals surface area (Å²) in [7, 11) is -3.56. The van der Waals surface area contributed by atoms with E-state index in [1.807, 2.05) is 24.4 Å². The smallest absolute Gasteiger partial charge is 0.270 e. The summed E-state index contributed by atoms with van der Waals surface area (Å²) < 4.78 is 23.7. The number of non-ortho nitro benzene ring substituents is 1. The Morgan fingerprint density at radius 1 is 1.36 bits per heavy atom. The molecule has 1 aromatic carbocycles. The maximum Gasteiger partial charge on any atom is 0.270 e. The van der Waals surface area contributed by atoms with Gasteiger partial charge in [0.1, 0.15) is 0 Å². The van der Waals surface area contributed by atoms with Crippen LogP contribution in [0.15, 0.2) is 40.6 Å². The summed E-state index contributed by atoms with van der Waals surface area (Å²) in [5.74, 6) is 0.211. The van der Waals surface area contributed by atoms with Gasteiger partial charge in [-0.3, -0.25) is 10.1 Å². The molecule has 1 aromatic heterocycles. The molecule has 0 fully saturated rings. The highest BCUT2D eigenvalue weighted by atomic mass is 32.2. The van der Waals surface area contributed by atoms with Gasteiger partial charge >= 0.3 is 0 Å². The Morgan fingerprint density at radius 2 is 2.09 bits per heavy atom. The lowest BCUT2D eigenvalue weighted by Crippen LogP contribution is -2.12. The topological polar surface area (TPSA) is 89.3 Å². The van der Waals surface area contributed by atoms with E-state index < -0.39 is 14.8 Å². The van der Waals surface area contributed by atoms with Gasteiger partial charge in [-0.05, 0) is 17.5 Å². The summed E-state index contributed by atoms with van der Waals surface area (Å²) in [6.45, 7) is 2.57. The number of nitro benzene ring substituents is 1. The Balaban J connectivity index is 2.25. The lowest BCUT2D eigenvalue weighted by molar-refractivity contribution is -0.385. The average Bonchev–Trinajstić information content (AvgIpc) is 2.97. The fourth-order valence-electron chi connectivity index (χ4n) is 2.01. The number of benzene rings is 1. The molecule has 2 aromatic rings. The van der Waals surface area contributed by atoms with E-state index in [-0.39, 0.29) is 16.5 Å². The van der Waals surface area contributed by atoms with Crippen LogP contribution in [-0.2, 0) is 9.84 Å². The zero-order valence-corrected chi connectivity index (χ0v) is 13.8. The van der Waals surface area contributed by atoms with E-state index in [9.17, 15) is 18.5 Å². The minimum Gasteiger partial charge on any atom is -0.383 e. The van der Waals surface area contributed by atoms with E-state index in [1.54, 1.807) is 11.3 Å². The number of rotatable bonds is 6. The SMILES string of the molecule is CC(CNc1ccc([N+](=O)[O-])cc1S(C)(=O)=O)c1cccs1. The summed E-state index contributed by atoms with van der Waals surface area (Å²) in [6.07, 6.45) is 1.04. The molecule has 1 unspecified atom stereocenters.